The zero-order chi connectivity index (χ0) is 25.3. The van der Waals surface area contributed by atoms with Crippen molar-refractivity contribution in [3.8, 4) is 0 Å². The van der Waals surface area contributed by atoms with Gasteiger partial charge in [0.15, 0.2) is 0 Å². The first-order valence-electron chi connectivity index (χ1n) is 11.5. The summed E-state index contributed by atoms with van der Waals surface area (Å²) in [4.78, 5) is 29.6. The third-order valence-electron chi connectivity index (χ3n) is 6.52. The number of aromatic nitrogens is 3. The molecule has 1 aromatic carbocycles. The largest absolute Gasteiger partial charge is 0.502 e. The van der Waals surface area contributed by atoms with E-state index in [0.717, 1.165) is 41.0 Å². The van der Waals surface area contributed by atoms with Gasteiger partial charge < -0.3 is 14.2 Å². The highest BCUT2D eigenvalue weighted by Gasteiger charge is 2.52. The number of carbonyl (C=O) groups is 2. The van der Waals surface area contributed by atoms with Gasteiger partial charge in [-0.05, 0) is 45.2 Å². The van der Waals surface area contributed by atoms with Crippen molar-refractivity contribution >= 4 is 17.6 Å². The highest BCUT2D eigenvalue weighted by molar-refractivity contribution is 6.22. The average Bonchev–Trinajstić information content (AvgIpc) is 3.46. The van der Waals surface area contributed by atoms with E-state index in [1.54, 1.807) is 36.7 Å². The van der Waals surface area contributed by atoms with Crippen LogP contribution in [0.1, 0.15) is 48.4 Å². The van der Waals surface area contributed by atoms with E-state index in [1.807, 2.05) is 32.0 Å². The summed E-state index contributed by atoms with van der Waals surface area (Å²) in [5.74, 6) is 1.16. The number of methoxy groups -OCH3 is 1. The monoisotopic (exact) mass is 477 g/mol. The molecule has 184 valence electrons. The van der Waals surface area contributed by atoms with Crippen LogP contribution in [0.3, 0.4) is 0 Å². The van der Waals surface area contributed by atoms with Crippen LogP contribution in [0, 0.1) is 13.8 Å². The lowest BCUT2D eigenvalue weighted by molar-refractivity contribution is -0.123. The molecule has 9 nitrogen and oxygen atoms in total. The molecule has 4 rings (SSSR count). The minimum Gasteiger partial charge on any atom is -0.502 e. The van der Waals surface area contributed by atoms with E-state index in [2.05, 4.69) is 22.9 Å². The van der Waals surface area contributed by atoms with Gasteiger partial charge in [-0.3, -0.25) is 9.48 Å². The maximum Gasteiger partial charge on any atom is 0.332 e. The number of anilines is 1. The molecule has 0 N–H and O–H groups in total. The first kappa shape index (κ1) is 24.3. The van der Waals surface area contributed by atoms with E-state index in [4.69, 9.17) is 9.26 Å². The first-order valence-corrected chi connectivity index (χ1v) is 11.5. The Kier molecular flexibility index (Phi) is 6.51. The van der Waals surface area contributed by atoms with Crippen molar-refractivity contribution in [3.63, 3.8) is 0 Å². The molecule has 3 amide bonds. The number of aryl methyl sites for hydroxylation is 3. The molecule has 3 aromatic rings. The van der Waals surface area contributed by atoms with Crippen LogP contribution in [0.5, 0.6) is 0 Å². The van der Waals surface area contributed by atoms with Crippen molar-refractivity contribution in [2.75, 3.05) is 12.0 Å². The maximum absolute atomic E-state index is 13.5. The lowest BCUT2D eigenvalue weighted by atomic mass is 10.0. The molecule has 1 aliphatic rings. The van der Waals surface area contributed by atoms with E-state index < -0.39 is 5.54 Å². The molecule has 0 spiro atoms. The van der Waals surface area contributed by atoms with Crippen molar-refractivity contribution in [2.45, 2.75) is 59.2 Å². The van der Waals surface area contributed by atoms with Crippen LogP contribution >= 0.6 is 0 Å². The summed E-state index contributed by atoms with van der Waals surface area (Å²) >= 11 is 0. The van der Waals surface area contributed by atoms with Gasteiger partial charge in [0.1, 0.15) is 11.3 Å². The predicted molar refractivity (Wildman–Crippen MR) is 131 cm³/mol. The molecular formula is C26H31N5O4. The van der Waals surface area contributed by atoms with Gasteiger partial charge in [-0.25, -0.2) is 9.69 Å². The Balaban J connectivity index is 1.52. The lowest BCUT2D eigenvalue weighted by Gasteiger charge is -2.28. The summed E-state index contributed by atoms with van der Waals surface area (Å²) in [5, 5.41) is 8.33. The molecule has 0 atom stereocenters. The van der Waals surface area contributed by atoms with Gasteiger partial charge in [-0.2, -0.15) is 5.10 Å². The van der Waals surface area contributed by atoms with Crippen LogP contribution in [0.15, 0.2) is 53.5 Å². The van der Waals surface area contributed by atoms with Crippen LogP contribution in [0.2, 0.25) is 0 Å². The quantitative estimate of drug-likeness (QED) is 0.335. The van der Waals surface area contributed by atoms with E-state index in [1.165, 1.54) is 11.1 Å². The number of allylic oxidation sites excluding steroid dienone is 1. The normalized spacial score (nSPS) is 15.2. The predicted octanol–water partition coefficient (Wildman–Crippen LogP) is 4.38. The van der Waals surface area contributed by atoms with Crippen molar-refractivity contribution in [1.29, 1.82) is 0 Å². The molecule has 0 bridgehead atoms. The van der Waals surface area contributed by atoms with Crippen LogP contribution < -0.4 is 4.90 Å². The highest BCUT2D eigenvalue weighted by Crippen LogP contribution is 2.33. The standard InChI is InChI=1S/C26H31N5O4/c1-17(34-6)10-11-20-8-7-9-21(12-20)14-30-25(33)31(24(32)26(30,4)5)22-13-27-29(15-22)16-23-18(2)28-35-19(23)3/h7-9,12-13,15H,1,10-11,14,16H2,2-6H3. The Hall–Kier alpha value is -3.88. The molecule has 9 heteroatoms. The molecule has 0 saturated carbocycles. The van der Waals surface area contributed by atoms with Crippen LogP contribution in [0.25, 0.3) is 0 Å². The van der Waals surface area contributed by atoms with Crippen LogP contribution in [-0.4, -0.2) is 44.4 Å². The molecule has 3 heterocycles. The van der Waals surface area contributed by atoms with Gasteiger partial charge in [-0.15, -0.1) is 0 Å². The molecular weight excluding hydrogens is 446 g/mol. The van der Waals surface area contributed by atoms with Gasteiger partial charge in [0.2, 0.25) is 0 Å². The van der Waals surface area contributed by atoms with E-state index in [-0.39, 0.29) is 11.9 Å². The molecule has 2 aromatic heterocycles. The summed E-state index contributed by atoms with van der Waals surface area (Å²) in [6, 6.07) is 7.66. The van der Waals surface area contributed by atoms with Gasteiger partial charge >= 0.3 is 6.03 Å². The smallest absolute Gasteiger partial charge is 0.332 e. The topological polar surface area (TPSA) is 93.7 Å². The number of urea groups is 1. The van der Waals surface area contributed by atoms with Crippen molar-refractivity contribution < 1.29 is 18.8 Å². The van der Waals surface area contributed by atoms with Gasteiger partial charge in [0, 0.05) is 24.7 Å². The minimum absolute atomic E-state index is 0.285. The number of hydrogen-bond acceptors (Lipinski definition) is 6. The van der Waals surface area contributed by atoms with E-state index in [9.17, 15) is 9.59 Å². The average molecular weight is 478 g/mol. The maximum atomic E-state index is 13.5. The second-order valence-electron chi connectivity index (χ2n) is 9.33. The van der Waals surface area contributed by atoms with E-state index in [0.29, 0.717) is 24.5 Å². The van der Waals surface area contributed by atoms with Crippen molar-refractivity contribution in [3.05, 3.63) is 77.1 Å². The number of carbonyl (C=O) groups excluding carboxylic acids is 2. The summed E-state index contributed by atoms with van der Waals surface area (Å²) in [5.41, 5.74) is 3.23. The summed E-state index contributed by atoms with van der Waals surface area (Å²) in [6.45, 7) is 11.9. The Morgan fingerprint density at radius 1 is 1.17 bits per heavy atom. The lowest BCUT2D eigenvalue weighted by Crippen LogP contribution is -2.43. The molecule has 0 unspecified atom stereocenters. The molecule has 1 fully saturated rings. The fourth-order valence-corrected chi connectivity index (χ4v) is 4.22. The molecule has 1 aliphatic heterocycles. The SMILES string of the molecule is C=C(CCc1cccc(CN2C(=O)N(c3cnn(Cc4c(C)noc4C)c3)C(=O)C2(C)C)c1)OC. The summed E-state index contributed by atoms with van der Waals surface area (Å²) in [6.07, 6.45) is 4.74. The zero-order valence-electron chi connectivity index (χ0n) is 20.9. The van der Waals surface area contributed by atoms with Crippen LogP contribution in [0.4, 0.5) is 10.5 Å². The summed E-state index contributed by atoms with van der Waals surface area (Å²) in [7, 11) is 1.61. The second kappa shape index (κ2) is 9.40. The molecule has 35 heavy (non-hydrogen) atoms. The second-order valence-corrected chi connectivity index (χ2v) is 9.33. The fourth-order valence-electron chi connectivity index (χ4n) is 4.22. The zero-order valence-corrected chi connectivity index (χ0v) is 20.9. The third-order valence-corrected chi connectivity index (χ3v) is 6.52. The minimum atomic E-state index is -0.999. The number of imide groups is 1. The fraction of sp³-hybridized carbons (Fsp3) is 0.385. The molecule has 1 saturated heterocycles. The third kappa shape index (κ3) is 4.71. The number of nitrogens with zero attached hydrogens (tertiary/aromatic N) is 5. The Labute approximate surface area is 204 Å². The van der Waals surface area contributed by atoms with Gasteiger partial charge in [0.25, 0.3) is 5.91 Å². The first-order chi connectivity index (χ1) is 16.6. The number of amides is 3. The Morgan fingerprint density at radius 2 is 1.91 bits per heavy atom. The van der Waals surface area contributed by atoms with Crippen molar-refractivity contribution in [2.24, 2.45) is 0 Å². The van der Waals surface area contributed by atoms with E-state index >= 15 is 0 Å². The Bertz CT molecular complexity index is 1250. The number of ether oxygens (including phenoxy) is 1. The van der Waals surface area contributed by atoms with Gasteiger partial charge in [0.05, 0.1) is 37.0 Å². The Morgan fingerprint density at radius 3 is 2.60 bits per heavy atom. The van der Waals surface area contributed by atoms with Gasteiger partial charge in [-0.1, -0.05) is 36.0 Å². The summed E-state index contributed by atoms with van der Waals surface area (Å²) < 4.78 is 12.1. The highest BCUT2D eigenvalue weighted by atomic mass is 16.5. The number of rotatable bonds is 9. The van der Waals surface area contributed by atoms with Crippen molar-refractivity contribution in [1.82, 2.24) is 19.8 Å². The number of benzene rings is 1. The molecule has 0 aliphatic carbocycles. The number of hydrogen-bond donors (Lipinski definition) is 0. The van der Waals surface area contributed by atoms with Crippen LogP contribution in [-0.2, 0) is 29.0 Å². The molecule has 0 radical (unpaired) electrons.